The fourth-order valence-electron chi connectivity index (χ4n) is 3.22. The highest BCUT2D eigenvalue weighted by Gasteiger charge is 2.18. The molecule has 176 valence electrons. The molecule has 6 heteroatoms. The Balaban J connectivity index is 2.49. The van der Waals surface area contributed by atoms with Crippen LogP contribution in [-0.4, -0.2) is 40.3 Å². The number of hydrogen-bond acceptors (Lipinski definition) is 6. The van der Waals surface area contributed by atoms with Gasteiger partial charge < -0.3 is 23.7 Å². The third-order valence-corrected chi connectivity index (χ3v) is 4.83. The second-order valence-corrected chi connectivity index (χ2v) is 7.40. The maximum atomic E-state index is 13.2. The monoisotopic (exact) mass is 452 g/mol. The van der Waals surface area contributed by atoms with Crippen molar-refractivity contribution in [1.29, 1.82) is 0 Å². The van der Waals surface area contributed by atoms with Crippen molar-refractivity contribution in [2.24, 2.45) is 0 Å². The maximum Gasteiger partial charge on any atom is 0.203 e. The first-order valence-corrected chi connectivity index (χ1v) is 10.6. The van der Waals surface area contributed by atoms with Crippen molar-refractivity contribution in [2.75, 3.05) is 34.5 Å². The number of carbonyl (C=O) groups excluding carboxylic acids is 1. The Bertz CT molecular complexity index is 995. The van der Waals surface area contributed by atoms with E-state index in [9.17, 15) is 4.79 Å². The minimum absolute atomic E-state index is 0.143. The van der Waals surface area contributed by atoms with Crippen molar-refractivity contribution in [1.82, 2.24) is 0 Å². The Kier molecular flexibility index (Phi) is 9.61. The Morgan fingerprint density at radius 2 is 1.42 bits per heavy atom. The van der Waals surface area contributed by atoms with Gasteiger partial charge >= 0.3 is 0 Å². The fraction of sp³-hybridized carbons (Fsp3) is 0.296. The smallest absolute Gasteiger partial charge is 0.203 e. The molecule has 2 aromatic rings. The Hall–Kier alpha value is -3.67. The Labute approximate surface area is 196 Å². The van der Waals surface area contributed by atoms with Gasteiger partial charge in [-0.2, -0.15) is 0 Å². The van der Waals surface area contributed by atoms with Crippen molar-refractivity contribution in [3.05, 3.63) is 72.3 Å². The van der Waals surface area contributed by atoms with Crippen molar-refractivity contribution >= 4 is 11.9 Å². The van der Waals surface area contributed by atoms with Crippen molar-refractivity contribution in [2.45, 2.75) is 19.8 Å². The molecule has 6 nitrogen and oxygen atoms in total. The van der Waals surface area contributed by atoms with E-state index in [2.05, 4.69) is 13.2 Å². The average molecular weight is 453 g/mol. The Morgan fingerprint density at radius 3 is 1.91 bits per heavy atom. The van der Waals surface area contributed by atoms with Crippen LogP contribution in [0.5, 0.6) is 28.7 Å². The highest BCUT2D eigenvalue weighted by molar-refractivity contribution is 6.09. The average Bonchev–Trinajstić information content (AvgIpc) is 2.83. The Morgan fingerprint density at radius 1 is 0.848 bits per heavy atom. The molecule has 0 aliphatic carbocycles. The molecule has 0 unspecified atom stereocenters. The zero-order valence-corrected chi connectivity index (χ0v) is 20.0. The summed E-state index contributed by atoms with van der Waals surface area (Å²) in [5, 5.41) is 0. The number of methoxy groups -OCH3 is 3. The molecule has 2 aromatic carbocycles. The third-order valence-electron chi connectivity index (χ3n) is 4.83. The lowest BCUT2D eigenvalue weighted by molar-refractivity contribution is 0.104. The first kappa shape index (κ1) is 25.6. The van der Waals surface area contributed by atoms with E-state index in [0.29, 0.717) is 40.9 Å². The lowest BCUT2D eigenvalue weighted by Gasteiger charge is -2.17. The lowest BCUT2D eigenvalue weighted by atomic mass is 9.96. The molecule has 0 N–H and O–H groups in total. The molecule has 0 saturated heterocycles. The van der Waals surface area contributed by atoms with Gasteiger partial charge in [0.15, 0.2) is 17.3 Å². The van der Waals surface area contributed by atoms with Gasteiger partial charge in [-0.25, -0.2) is 0 Å². The third kappa shape index (κ3) is 6.42. The van der Waals surface area contributed by atoms with E-state index in [-0.39, 0.29) is 18.3 Å². The molecule has 0 amide bonds. The van der Waals surface area contributed by atoms with E-state index in [0.717, 1.165) is 11.1 Å². The van der Waals surface area contributed by atoms with Gasteiger partial charge in [-0.1, -0.05) is 45.2 Å². The van der Waals surface area contributed by atoms with Crippen molar-refractivity contribution < 1.29 is 28.5 Å². The second kappa shape index (κ2) is 12.4. The number of ether oxygens (including phenoxy) is 5. The SMILES string of the molecule is C=CCOc1cc(OCC=C)c(C(C)C)cc1C(=O)/C=C/c1cc(OC)c(OC)c(OC)c1. The normalized spacial score (nSPS) is 10.7. The number of rotatable bonds is 13. The van der Waals surface area contributed by atoms with Crippen LogP contribution < -0.4 is 23.7 Å². The molecule has 0 aromatic heterocycles. The summed E-state index contributed by atoms with van der Waals surface area (Å²) in [6, 6.07) is 7.12. The highest BCUT2D eigenvalue weighted by Crippen LogP contribution is 2.39. The van der Waals surface area contributed by atoms with Crippen LogP contribution in [-0.2, 0) is 0 Å². The van der Waals surface area contributed by atoms with Crippen LogP contribution >= 0.6 is 0 Å². The van der Waals surface area contributed by atoms with E-state index >= 15 is 0 Å². The van der Waals surface area contributed by atoms with Crippen molar-refractivity contribution in [3.8, 4) is 28.7 Å². The van der Waals surface area contributed by atoms with Gasteiger partial charge in [-0.15, -0.1) is 0 Å². The molecule has 0 radical (unpaired) electrons. The molecule has 33 heavy (non-hydrogen) atoms. The van der Waals surface area contributed by atoms with Crippen LogP contribution in [0, 0.1) is 0 Å². The summed E-state index contributed by atoms with van der Waals surface area (Å²) in [5.41, 5.74) is 2.07. The largest absolute Gasteiger partial charge is 0.493 e. The van der Waals surface area contributed by atoms with Gasteiger partial charge in [-0.3, -0.25) is 4.79 Å². The highest BCUT2D eigenvalue weighted by atomic mass is 16.5. The lowest BCUT2D eigenvalue weighted by Crippen LogP contribution is -2.07. The molecule has 2 rings (SSSR count). The summed E-state index contributed by atoms with van der Waals surface area (Å²) >= 11 is 0. The van der Waals surface area contributed by atoms with Gasteiger partial charge in [0.05, 0.1) is 26.9 Å². The van der Waals surface area contributed by atoms with Crippen LogP contribution in [0.2, 0.25) is 0 Å². The van der Waals surface area contributed by atoms with Crippen LogP contribution in [0.25, 0.3) is 6.08 Å². The summed E-state index contributed by atoms with van der Waals surface area (Å²) in [6.45, 7) is 12.1. The molecule has 0 spiro atoms. The van der Waals surface area contributed by atoms with E-state index in [1.807, 2.05) is 19.9 Å². The second-order valence-electron chi connectivity index (χ2n) is 7.40. The maximum absolute atomic E-state index is 13.2. The number of allylic oxidation sites excluding steroid dienone is 1. The molecule has 0 atom stereocenters. The van der Waals surface area contributed by atoms with E-state index in [1.165, 1.54) is 6.08 Å². The van der Waals surface area contributed by atoms with E-state index < -0.39 is 0 Å². The minimum Gasteiger partial charge on any atom is -0.493 e. The fourth-order valence-corrected chi connectivity index (χ4v) is 3.22. The summed E-state index contributed by atoms with van der Waals surface area (Å²) in [6.07, 6.45) is 6.49. The van der Waals surface area contributed by atoms with Crippen LogP contribution in [0.1, 0.15) is 41.3 Å². The number of benzene rings is 2. The minimum atomic E-state index is -0.208. The number of carbonyl (C=O) groups is 1. The van der Waals surface area contributed by atoms with Crippen LogP contribution in [0.4, 0.5) is 0 Å². The van der Waals surface area contributed by atoms with Crippen LogP contribution in [0.3, 0.4) is 0 Å². The van der Waals surface area contributed by atoms with E-state index in [4.69, 9.17) is 23.7 Å². The summed E-state index contributed by atoms with van der Waals surface area (Å²) in [4.78, 5) is 13.2. The first-order valence-electron chi connectivity index (χ1n) is 10.6. The zero-order chi connectivity index (χ0) is 24.4. The zero-order valence-electron chi connectivity index (χ0n) is 20.0. The van der Waals surface area contributed by atoms with Gasteiger partial charge in [0.1, 0.15) is 24.7 Å². The summed E-state index contributed by atoms with van der Waals surface area (Å²) in [7, 11) is 4.63. The van der Waals surface area contributed by atoms with Gasteiger partial charge in [0.2, 0.25) is 5.75 Å². The molecule has 0 fully saturated rings. The molecule has 0 bridgehead atoms. The van der Waals surface area contributed by atoms with Gasteiger partial charge in [-0.05, 0) is 41.3 Å². The molecule has 0 saturated carbocycles. The number of ketones is 1. The summed E-state index contributed by atoms with van der Waals surface area (Å²) < 4.78 is 27.7. The molecule has 0 aliphatic rings. The van der Waals surface area contributed by atoms with Crippen LogP contribution in [0.15, 0.2) is 55.7 Å². The van der Waals surface area contributed by atoms with Gasteiger partial charge in [0, 0.05) is 6.07 Å². The predicted molar refractivity (Wildman–Crippen MR) is 131 cm³/mol. The summed E-state index contributed by atoms with van der Waals surface area (Å²) in [5.74, 6) is 2.52. The van der Waals surface area contributed by atoms with Gasteiger partial charge in [0.25, 0.3) is 0 Å². The van der Waals surface area contributed by atoms with E-state index in [1.54, 1.807) is 57.8 Å². The topological polar surface area (TPSA) is 63.2 Å². The molecule has 0 heterocycles. The first-order chi connectivity index (χ1) is 15.9. The molecule has 0 aliphatic heterocycles. The number of hydrogen-bond donors (Lipinski definition) is 0. The quantitative estimate of drug-likeness (QED) is 0.215. The predicted octanol–water partition coefficient (Wildman–Crippen LogP) is 5.86. The van der Waals surface area contributed by atoms with Crippen molar-refractivity contribution in [3.63, 3.8) is 0 Å². The molecular weight excluding hydrogens is 420 g/mol. The standard InChI is InChI=1S/C27H32O6/c1-8-12-32-23-17-24(33-13-9-2)21(16-20(23)18(3)4)22(28)11-10-19-14-25(29-5)27(31-7)26(15-19)30-6/h8-11,14-18H,1-2,12-13H2,3-7H3/b11-10+. The molecular formula is C27H32O6.